The number of nitrogens with one attached hydrogen (secondary N) is 1. The van der Waals surface area contributed by atoms with Crippen molar-refractivity contribution in [1.29, 1.82) is 0 Å². The molecule has 3 aliphatic rings. The first kappa shape index (κ1) is 18.6. The molecule has 1 N–H and O–H groups in total. The Morgan fingerprint density at radius 1 is 0.880 bits per heavy atom. The number of ether oxygens (including phenoxy) is 1. The minimum absolute atomic E-state index is 0.0772. The molecule has 0 aromatic heterocycles. The fourth-order valence-electron chi connectivity index (χ4n) is 3.83. The second kappa shape index (κ2) is 9.50. The van der Waals surface area contributed by atoms with Crippen molar-refractivity contribution in [2.75, 3.05) is 65.5 Å². The molecule has 3 heterocycles. The molecule has 0 bridgehead atoms. The number of hydrogen-bond donors (Lipinski definition) is 1. The van der Waals surface area contributed by atoms with Crippen LogP contribution in [0, 0.1) is 0 Å². The molecule has 25 heavy (non-hydrogen) atoms. The maximum atomic E-state index is 12.3. The molecule has 0 aromatic rings. The summed E-state index contributed by atoms with van der Waals surface area (Å²) in [5.41, 5.74) is 0. The predicted octanol–water partition coefficient (Wildman–Crippen LogP) is -0.0883. The molecule has 0 aliphatic carbocycles. The van der Waals surface area contributed by atoms with Crippen LogP contribution in [0.1, 0.15) is 32.1 Å². The zero-order valence-electron chi connectivity index (χ0n) is 15.3. The molecule has 7 heteroatoms. The number of carbonyl (C=O) groups is 2. The Hall–Kier alpha value is -1.18. The SMILES string of the molecule is O=C(CN1CCN(CC(=O)N2CCCCC2)CC1)NCC1CCCO1. The van der Waals surface area contributed by atoms with Gasteiger partial charge in [-0.05, 0) is 32.1 Å². The average Bonchev–Trinajstić information content (AvgIpc) is 3.16. The largest absolute Gasteiger partial charge is 0.376 e. The van der Waals surface area contributed by atoms with E-state index >= 15 is 0 Å². The molecule has 2 amide bonds. The van der Waals surface area contributed by atoms with Crippen LogP contribution in [0.4, 0.5) is 0 Å². The molecule has 3 aliphatic heterocycles. The summed E-state index contributed by atoms with van der Waals surface area (Å²) < 4.78 is 5.52. The van der Waals surface area contributed by atoms with Crippen LogP contribution in [0.25, 0.3) is 0 Å². The molecule has 3 fully saturated rings. The highest BCUT2D eigenvalue weighted by Crippen LogP contribution is 2.11. The van der Waals surface area contributed by atoms with Gasteiger partial charge in [0.25, 0.3) is 0 Å². The lowest BCUT2D eigenvalue weighted by atomic mass is 10.1. The standard InChI is InChI=1S/C18H32N4O3/c23-17(19-13-16-5-4-12-25-16)14-20-8-10-21(11-9-20)15-18(24)22-6-2-1-3-7-22/h16H,1-15H2,(H,19,23). The lowest BCUT2D eigenvalue weighted by Crippen LogP contribution is -2.52. The van der Waals surface area contributed by atoms with Crippen LogP contribution in [0.2, 0.25) is 0 Å². The maximum absolute atomic E-state index is 12.3. The second-order valence-electron chi connectivity index (χ2n) is 7.43. The predicted molar refractivity (Wildman–Crippen MR) is 95.3 cm³/mol. The molecule has 0 saturated carbocycles. The van der Waals surface area contributed by atoms with Crippen LogP contribution < -0.4 is 5.32 Å². The Balaban J connectivity index is 1.29. The molecule has 1 unspecified atom stereocenters. The number of carbonyl (C=O) groups excluding carboxylic acids is 2. The molecular formula is C18H32N4O3. The minimum atomic E-state index is 0.0772. The van der Waals surface area contributed by atoms with Crippen molar-refractivity contribution >= 4 is 11.8 Å². The van der Waals surface area contributed by atoms with Crippen molar-refractivity contribution in [1.82, 2.24) is 20.0 Å². The molecule has 1 atom stereocenters. The van der Waals surface area contributed by atoms with E-state index in [0.717, 1.165) is 71.6 Å². The van der Waals surface area contributed by atoms with Gasteiger partial charge in [-0.1, -0.05) is 0 Å². The van der Waals surface area contributed by atoms with Crippen LogP contribution in [0.15, 0.2) is 0 Å². The molecule has 7 nitrogen and oxygen atoms in total. The first-order valence-corrected chi connectivity index (χ1v) is 9.81. The number of amides is 2. The first-order chi connectivity index (χ1) is 12.2. The number of likely N-dealkylation sites (tertiary alicyclic amines) is 1. The highest BCUT2D eigenvalue weighted by molar-refractivity contribution is 5.78. The summed E-state index contributed by atoms with van der Waals surface area (Å²) in [5.74, 6) is 0.343. The Morgan fingerprint density at radius 2 is 1.56 bits per heavy atom. The highest BCUT2D eigenvalue weighted by atomic mass is 16.5. The minimum Gasteiger partial charge on any atom is -0.376 e. The van der Waals surface area contributed by atoms with E-state index in [1.165, 1.54) is 6.42 Å². The van der Waals surface area contributed by atoms with Crippen molar-refractivity contribution in [2.45, 2.75) is 38.2 Å². The van der Waals surface area contributed by atoms with Crippen LogP contribution >= 0.6 is 0 Å². The normalized spacial score (nSPS) is 25.9. The number of hydrogen-bond acceptors (Lipinski definition) is 5. The van der Waals surface area contributed by atoms with Crippen molar-refractivity contribution in [3.63, 3.8) is 0 Å². The summed E-state index contributed by atoms with van der Waals surface area (Å²) in [5, 5.41) is 2.98. The van der Waals surface area contributed by atoms with Crippen molar-refractivity contribution < 1.29 is 14.3 Å². The van der Waals surface area contributed by atoms with Crippen molar-refractivity contribution in [3.05, 3.63) is 0 Å². The topological polar surface area (TPSA) is 65.1 Å². The molecule has 3 rings (SSSR count). The highest BCUT2D eigenvalue weighted by Gasteiger charge is 2.24. The lowest BCUT2D eigenvalue weighted by molar-refractivity contribution is -0.134. The van der Waals surface area contributed by atoms with Gasteiger partial charge in [-0.2, -0.15) is 0 Å². The number of nitrogens with zero attached hydrogens (tertiary/aromatic N) is 3. The van der Waals surface area contributed by atoms with Gasteiger partial charge in [-0.25, -0.2) is 0 Å². The average molecular weight is 352 g/mol. The summed E-state index contributed by atoms with van der Waals surface area (Å²) in [6.45, 7) is 7.67. The molecule has 0 spiro atoms. The van der Waals surface area contributed by atoms with Crippen molar-refractivity contribution in [3.8, 4) is 0 Å². The third kappa shape index (κ3) is 5.94. The maximum Gasteiger partial charge on any atom is 0.236 e. The van der Waals surface area contributed by atoms with E-state index in [-0.39, 0.29) is 17.9 Å². The van der Waals surface area contributed by atoms with Gasteiger partial charge in [0.1, 0.15) is 0 Å². The third-order valence-corrected chi connectivity index (χ3v) is 5.45. The number of piperidine rings is 1. The van der Waals surface area contributed by atoms with E-state index in [0.29, 0.717) is 19.6 Å². The number of piperazine rings is 1. The van der Waals surface area contributed by atoms with Gasteiger partial charge in [-0.15, -0.1) is 0 Å². The van der Waals surface area contributed by atoms with Gasteiger partial charge in [0, 0.05) is 52.4 Å². The lowest BCUT2D eigenvalue weighted by Gasteiger charge is -2.35. The van der Waals surface area contributed by atoms with E-state index in [2.05, 4.69) is 15.1 Å². The van der Waals surface area contributed by atoms with E-state index in [1.54, 1.807) is 0 Å². The summed E-state index contributed by atoms with van der Waals surface area (Å²) >= 11 is 0. The zero-order chi connectivity index (χ0) is 17.5. The number of rotatable bonds is 6. The quantitative estimate of drug-likeness (QED) is 0.724. The fourth-order valence-corrected chi connectivity index (χ4v) is 3.83. The summed E-state index contributed by atoms with van der Waals surface area (Å²) in [4.78, 5) is 30.8. The Morgan fingerprint density at radius 3 is 2.20 bits per heavy atom. The molecule has 0 aromatic carbocycles. The van der Waals surface area contributed by atoms with Gasteiger partial charge in [0.05, 0.1) is 19.2 Å². The van der Waals surface area contributed by atoms with Crippen LogP contribution in [0.5, 0.6) is 0 Å². The van der Waals surface area contributed by atoms with Crippen LogP contribution in [-0.4, -0.2) is 98.1 Å². The van der Waals surface area contributed by atoms with Gasteiger partial charge in [0.15, 0.2) is 0 Å². The third-order valence-electron chi connectivity index (χ3n) is 5.45. The summed E-state index contributed by atoms with van der Waals surface area (Å²) in [6, 6.07) is 0. The Bertz CT molecular complexity index is 440. The molecular weight excluding hydrogens is 320 g/mol. The summed E-state index contributed by atoms with van der Waals surface area (Å²) in [6.07, 6.45) is 5.86. The smallest absolute Gasteiger partial charge is 0.236 e. The fraction of sp³-hybridized carbons (Fsp3) is 0.889. The molecule has 142 valence electrons. The Kier molecular flexibility index (Phi) is 7.07. The van der Waals surface area contributed by atoms with Gasteiger partial charge >= 0.3 is 0 Å². The second-order valence-corrected chi connectivity index (χ2v) is 7.43. The van der Waals surface area contributed by atoms with E-state index in [9.17, 15) is 9.59 Å². The Labute approximate surface area is 150 Å². The van der Waals surface area contributed by atoms with Crippen LogP contribution in [-0.2, 0) is 14.3 Å². The van der Waals surface area contributed by atoms with Gasteiger partial charge in [-0.3, -0.25) is 19.4 Å². The molecule has 3 saturated heterocycles. The summed E-state index contributed by atoms with van der Waals surface area (Å²) in [7, 11) is 0. The zero-order valence-corrected chi connectivity index (χ0v) is 15.3. The molecule has 0 radical (unpaired) electrons. The van der Waals surface area contributed by atoms with Crippen LogP contribution in [0.3, 0.4) is 0 Å². The van der Waals surface area contributed by atoms with Gasteiger partial charge < -0.3 is 15.0 Å². The van der Waals surface area contributed by atoms with Crippen molar-refractivity contribution in [2.24, 2.45) is 0 Å². The first-order valence-electron chi connectivity index (χ1n) is 9.81. The van der Waals surface area contributed by atoms with Gasteiger partial charge in [0.2, 0.25) is 11.8 Å². The monoisotopic (exact) mass is 352 g/mol. The van der Waals surface area contributed by atoms with E-state index in [4.69, 9.17) is 4.74 Å². The van der Waals surface area contributed by atoms with E-state index in [1.807, 2.05) is 4.90 Å². The van der Waals surface area contributed by atoms with E-state index < -0.39 is 0 Å².